The molecule has 2 rings (SSSR count). The molecule has 0 heterocycles. The first-order chi connectivity index (χ1) is 9.11. The summed E-state index contributed by atoms with van der Waals surface area (Å²) in [5.41, 5.74) is 0. The monoisotopic (exact) mass is 259 g/mol. The van der Waals surface area contributed by atoms with Crippen LogP contribution in [0.1, 0.15) is 6.92 Å². The van der Waals surface area contributed by atoms with Crippen LogP contribution in [0.2, 0.25) is 0 Å². The van der Waals surface area contributed by atoms with E-state index in [0.717, 1.165) is 6.92 Å². The number of hydrogen-bond acceptors (Lipinski definition) is 3. The summed E-state index contributed by atoms with van der Waals surface area (Å²) < 4.78 is 0. The van der Waals surface area contributed by atoms with Gasteiger partial charge in [0.2, 0.25) is 0 Å². The van der Waals surface area contributed by atoms with Crippen LogP contribution in [0.5, 0.6) is 0 Å². The number of benzene rings is 2. The maximum Gasteiger partial charge on any atom is 0.414 e. The van der Waals surface area contributed by atoms with Gasteiger partial charge in [0.15, 0.2) is 0 Å². The number of hydrogen-bond donors (Lipinski definition) is 1. The van der Waals surface area contributed by atoms with Gasteiger partial charge in [-0.3, -0.25) is 0 Å². The van der Waals surface area contributed by atoms with E-state index in [9.17, 15) is 0 Å². The molecule has 0 saturated carbocycles. The number of fused-ring (bicyclic) bond motifs is 1. The summed E-state index contributed by atoms with van der Waals surface area (Å²) in [6, 6.07) is 16.7. The van der Waals surface area contributed by atoms with Gasteiger partial charge in [-0.05, 0) is 10.8 Å². The van der Waals surface area contributed by atoms with Crippen molar-refractivity contribution in [1.82, 2.24) is 0 Å². The molecular formula is C14H13NO4. The van der Waals surface area contributed by atoms with E-state index in [-0.39, 0.29) is 0 Å². The Morgan fingerprint density at radius 1 is 1.05 bits per heavy atom. The zero-order valence-corrected chi connectivity index (χ0v) is 10.3. The molecule has 5 heteroatoms. The van der Waals surface area contributed by atoms with Gasteiger partial charge >= 0.3 is 12.4 Å². The predicted octanol–water partition coefficient (Wildman–Crippen LogP) is 2.55. The molecule has 0 aliphatic rings. The Morgan fingerprint density at radius 2 is 1.21 bits per heavy atom. The molecule has 98 valence electrons. The van der Waals surface area contributed by atoms with E-state index in [0.29, 0.717) is 6.47 Å². The summed E-state index contributed by atoms with van der Waals surface area (Å²) in [7, 11) is 0. The highest BCUT2D eigenvalue weighted by atomic mass is 16.4. The van der Waals surface area contributed by atoms with Gasteiger partial charge in [0.1, 0.15) is 0 Å². The molecule has 0 aromatic heterocycles. The van der Waals surface area contributed by atoms with Crippen molar-refractivity contribution in [2.24, 2.45) is 0 Å². The normalized spacial score (nSPS) is 7.32. The lowest BCUT2D eigenvalue weighted by Gasteiger charge is -1.92. The first-order valence-electron chi connectivity index (χ1n) is 5.00. The van der Waals surface area contributed by atoms with Crippen molar-refractivity contribution >= 4 is 23.2 Å². The molecule has 0 unspecified atom stereocenters. The average molecular weight is 259 g/mol. The molecule has 0 amide bonds. The molecule has 2 radical (unpaired) electrons. The predicted molar refractivity (Wildman–Crippen MR) is 70.3 cm³/mol. The average Bonchev–Trinajstić information content (AvgIpc) is 2.41. The molecule has 19 heavy (non-hydrogen) atoms. The lowest BCUT2D eigenvalue weighted by Crippen LogP contribution is -1.74. The first kappa shape index (κ1) is 18.5. The van der Waals surface area contributed by atoms with Crippen LogP contribution in [-0.4, -0.2) is 17.5 Å². The minimum absolute atomic E-state index is 0.500. The quantitative estimate of drug-likeness (QED) is 0.785. The fourth-order valence-electron chi connectivity index (χ4n) is 1.13. The van der Waals surface area contributed by atoms with Crippen molar-refractivity contribution in [3.05, 3.63) is 48.5 Å². The van der Waals surface area contributed by atoms with E-state index < -0.39 is 5.97 Å². The topological polar surface area (TPSA) is 98.1 Å². The van der Waals surface area contributed by atoms with Crippen molar-refractivity contribution in [3.8, 4) is 6.57 Å². The smallest absolute Gasteiger partial charge is 0.414 e. The Bertz CT molecular complexity index is 439. The van der Waals surface area contributed by atoms with Gasteiger partial charge in [-0.1, -0.05) is 48.5 Å². The molecule has 0 bridgehead atoms. The molecule has 1 N–H and O–H groups in total. The fourth-order valence-corrected chi connectivity index (χ4v) is 1.13. The molecule has 0 aliphatic carbocycles. The summed E-state index contributed by atoms with van der Waals surface area (Å²) in [5, 5.41) is 24.8. The summed E-state index contributed by atoms with van der Waals surface area (Å²) in [6.07, 6.45) is 0. The molecular weight excluding hydrogens is 246 g/mol. The summed E-state index contributed by atoms with van der Waals surface area (Å²) in [5.74, 6) is -1.08. The van der Waals surface area contributed by atoms with Crippen LogP contribution in [0, 0.1) is 11.8 Å². The molecule has 2 aromatic rings. The highest BCUT2D eigenvalue weighted by Crippen LogP contribution is 2.11. The summed E-state index contributed by atoms with van der Waals surface area (Å²) in [4.78, 5) is 17.1. The molecule has 0 fully saturated rings. The van der Waals surface area contributed by atoms with Gasteiger partial charge in [0.05, 0.1) is 0 Å². The van der Waals surface area contributed by atoms with Crippen molar-refractivity contribution in [2.45, 2.75) is 6.92 Å². The van der Waals surface area contributed by atoms with Crippen LogP contribution in [0.3, 0.4) is 0 Å². The van der Waals surface area contributed by atoms with Gasteiger partial charge in [0, 0.05) is 13.5 Å². The summed E-state index contributed by atoms with van der Waals surface area (Å²) >= 11 is 0. The zero-order valence-electron chi connectivity index (χ0n) is 10.3. The van der Waals surface area contributed by atoms with Crippen molar-refractivity contribution < 1.29 is 19.8 Å². The van der Waals surface area contributed by atoms with E-state index in [4.69, 9.17) is 25.1 Å². The van der Waals surface area contributed by atoms with Gasteiger partial charge in [0.25, 0.3) is 0 Å². The highest BCUT2D eigenvalue weighted by Gasteiger charge is 1.85. The number of aliphatic hydroxyl groups excluding tert-OH is 1. The Balaban J connectivity index is 0. The zero-order chi connectivity index (χ0) is 15.1. The minimum Gasteiger partial charge on any atom is -0.473 e. The van der Waals surface area contributed by atoms with Crippen LogP contribution in [-0.2, 0) is 14.7 Å². The number of carbonyl (C=O) groups excluding carboxylic acids is 1. The van der Waals surface area contributed by atoms with E-state index in [1.165, 1.54) is 10.8 Å². The number of nitrogens with zero attached hydrogens (tertiary/aromatic N) is 1. The molecule has 0 spiro atoms. The second-order valence-electron chi connectivity index (χ2n) is 2.93. The van der Waals surface area contributed by atoms with E-state index >= 15 is 0 Å². The van der Waals surface area contributed by atoms with Gasteiger partial charge < -0.3 is 5.11 Å². The highest BCUT2D eigenvalue weighted by molar-refractivity contribution is 5.81. The van der Waals surface area contributed by atoms with E-state index in [2.05, 4.69) is 55.1 Å². The third-order valence-electron chi connectivity index (χ3n) is 1.66. The lowest BCUT2D eigenvalue weighted by atomic mass is 10.1. The number of nitriles is 1. The lowest BCUT2D eigenvalue weighted by molar-refractivity contribution is -0.140. The van der Waals surface area contributed by atoms with Gasteiger partial charge in [-0.25, -0.2) is 20.0 Å². The minimum atomic E-state index is -1.08. The van der Waals surface area contributed by atoms with Gasteiger partial charge in [-0.15, -0.1) is 0 Å². The SMILES string of the molecule is C#N.CC([O])=O.O=[C]O.c1ccc2ccccc2c1. The summed E-state index contributed by atoms with van der Waals surface area (Å²) in [6.45, 7) is 4.97. The Morgan fingerprint density at radius 3 is 1.37 bits per heavy atom. The fraction of sp³-hybridized carbons (Fsp3) is 0.0714. The van der Waals surface area contributed by atoms with Crippen molar-refractivity contribution in [3.63, 3.8) is 0 Å². The number of carbonyl (C=O) groups is 1. The molecule has 0 atom stereocenters. The Hall–Kier alpha value is -2.87. The maximum atomic E-state index is 8.89. The first-order valence-corrected chi connectivity index (χ1v) is 5.00. The van der Waals surface area contributed by atoms with Gasteiger partial charge in [-0.2, -0.15) is 0 Å². The Kier molecular flexibility index (Phi) is 12.8. The van der Waals surface area contributed by atoms with Crippen LogP contribution in [0.4, 0.5) is 0 Å². The maximum absolute atomic E-state index is 8.89. The largest absolute Gasteiger partial charge is 0.473 e. The number of rotatable bonds is 0. The molecule has 5 nitrogen and oxygen atoms in total. The van der Waals surface area contributed by atoms with E-state index in [1.807, 2.05) is 0 Å². The standard InChI is InChI=1S/C10H8.C2H3O2.CHN.CHO2/c1-2-6-10-8-4-3-7-9(10)5-1;1-2(3)4;1-2;2-1-3/h1-8H;1H3;1H;(H,2,3). The van der Waals surface area contributed by atoms with Crippen molar-refractivity contribution in [2.75, 3.05) is 0 Å². The van der Waals surface area contributed by atoms with Crippen LogP contribution in [0.15, 0.2) is 48.5 Å². The molecule has 2 aromatic carbocycles. The van der Waals surface area contributed by atoms with Crippen molar-refractivity contribution in [1.29, 1.82) is 5.26 Å². The van der Waals surface area contributed by atoms with Crippen LogP contribution in [0.25, 0.3) is 10.8 Å². The second kappa shape index (κ2) is 13.2. The van der Waals surface area contributed by atoms with E-state index in [1.54, 1.807) is 0 Å². The van der Waals surface area contributed by atoms with Crippen LogP contribution >= 0.6 is 0 Å². The third kappa shape index (κ3) is 11.4. The molecule has 0 aliphatic heterocycles. The molecule has 0 saturated heterocycles. The third-order valence-corrected chi connectivity index (χ3v) is 1.66. The second-order valence-corrected chi connectivity index (χ2v) is 2.93. The Labute approximate surface area is 111 Å². The van der Waals surface area contributed by atoms with Crippen LogP contribution < -0.4 is 0 Å².